The number of aryl methyl sites for hydroxylation is 1. The van der Waals surface area contributed by atoms with E-state index in [1.54, 1.807) is 18.9 Å². The van der Waals surface area contributed by atoms with E-state index in [0.717, 1.165) is 27.6 Å². The normalized spacial score (nSPS) is 18.0. The summed E-state index contributed by atoms with van der Waals surface area (Å²) in [6, 6.07) is 20.8. The molecule has 3 atom stereocenters. The highest BCUT2D eigenvalue weighted by atomic mass is 35.5. The van der Waals surface area contributed by atoms with Gasteiger partial charge in [-0.3, -0.25) is 9.59 Å². The zero-order valence-electron chi connectivity index (χ0n) is 18.3. The number of hydrogen-bond acceptors (Lipinski definition) is 3. The molecule has 0 aliphatic carbocycles. The number of para-hydroxylation sites is 1. The molecular weight excluding hydrogens is 422 g/mol. The third-order valence-corrected chi connectivity index (χ3v) is 6.56. The Balaban J connectivity index is 1.80. The van der Waals surface area contributed by atoms with Crippen LogP contribution in [0.2, 0.25) is 0 Å². The van der Waals surface area contributed by atoms with E-state index in [1.807, 2.05) is 48.5 Å². The molecule has 6 heteroatoms. The summed E-state index contributed by atoms with van der Waals surface area (Å²) in [7, 11) is 1.73. The molecule has 2 amide bonds. The highest BCUT2D eigenvalue weighted by Crippen LogP contribution is 2.37. The number of rotatable bonds is 6. The molecule has 5 nitrogen and oxygen atoms in total. The third-order valence-electron chi connectivity index (χ3n) is 6.27. The van der Waals surface area contributed by atoms with Crippen LogP contribution in [0.1, 0.15) is 30.5 Å². The number of alkyl halides is 1. The quantitative estimate of drug-likeness (QED) is 0.554. The maximum Gasteiger partial charge on any atom is 0.250 e. The lowest BCUT2D eigenvalue weighted by Gasteiger charge is -2.34. The van der Waals surface area contributed by atoms with Crippen molar-refractivity contribution in [1.29, 1.82) is 0 Å². The summed E-state index contributed by atoms with van der Waals surface area (Å²) in [4.78, 5) is 28.3. The minimum Gasteiger partial charge on any atom is -0.343 e. The van der Waals surface area contributed by atoms with E-state index in [9.17, 15) is 9.59 Å². The second kappa shape index (κ2) is 9.72. The first kappa shape index (κ1) is 22.3. The summed E-state index contributed by atoms with van der Waals surface area (Å²) < 4.78 is 0. The zero-order chi connectivity index (χ0) is 22.7. The smallest absolute Gasteiger partial charge is 0.250 e. The standard InChI is InChI=1S/C26H28ClN3O2/c1-17(28-2)25(31)29-22-15-14-19-9-4-6-13-23(19)30(26(22)32)24(16-27)21-12-7-10-18-8-3-5-11-20(18)21/h3-13,17,22,24,28H,14-16H2,1-2H3,(H,29,31). The van der Waals surface area contributed by atoms with Crippen LogP contribution in [-0.4, -0.2) is 36.8 Å². The molecule has 0 saturated carbocycles. The van der Waals surface area contributed by atoms with Gasteiger partial charge in [0.25, 0.3) is 0 Å². The van der Waals surface area contributed by atoms with Gasteiger partial charge in [0.1, 0.15) is 6.04 Å². The molecule has 0 radical (unpaired) electrons. The van der Waals surface area contributed by atoms with E-state index in [-0.39, 0.29) is 29.8 Å². The van der Waals surface area contributed by atoms with Gasteiger partial charge in [-0.2, -0.15) is 0 Å². The molecular formula is C26H28ClN3O2. The molecule has 1 aliphatic rings. The highest BCUT2D eigenvalue weighted by molar-refractivity contribution is 6.19. The lowest BCUT2D eigenvalue weighted by Crippen LogP contribution is -2.53. The highest BCUT2D eigenvalue weighted by Gasteiger charge is 2.36. The lowest BCUT2D eigenvalue weighted by molar-refractivity contribution is -0.128. The first-order chi connectivity index (χ1) is 15.5. The van der Waals surface area contributed by atoms with E-state index in [4.69, 9.17) is 11.6 Å². The number of fused-ring (bicyclic) bond motifs is 2. The molecule has 0 saturated heterocycles. The minimum absolute atomic E-state index is 0.134. The van der Waals surface area contributed by atoms with E-state index in [2.05, 4.69) is 28.8 Å². The minimum atomic E-state index is -0.619. The Morgan fingerprint density at radius 1 is 1.09 bits per heavy atom. The average molecular weight is 450 g/mol. The topological polar surface area (TPSA) is 61.4 Å². The number of benzene rings is 3. The fourth-order valence-corrected chi connectivity index (χ4v) is 4.69. The molecule has 1 aliphatic heterocycles. The summed E-state index contributed by atoms with van der Waals surface area (Å²) in [5, 5.41) is 8.06. The van der Waals surface area contributed by atoms with Crippen molar-refractivity contribution in [2.24, 2.45) is 0 Å². The maximum atomic E-state index is 13.9. The Morgan fingerprint density at radius 2 is 1.81 bits per heavy atom. The van der Waals surface area contributed by atoms with Crippen molar-refractivity contribution in [3.8, 4) is 0 Å². The zero-order valence-corrected chi connectivity index (χ0v) is 19.1. The molecule has 0 aromatic heterocycles. The predicted octanol–water partition coefficient (Wildman–Crippen LogP) is 4.19. The first-order valence-corrected chi connectivity index (χ1v) is 11.5. The summed E-state index contributed by atoms with van der Waals surface area (Å²) in [6.45, 7) is 1.78. The molecule has 0 spiro atoms. The van der Waals surface area contributed by atoms with Gasteiger partial charge in [-0.05, 0) is 54.8 Å². The SMILES string of the molecule is CNC(C)C(=O)NC1CCc2ccccc2N(C(CCl)c2cccc3ccccc23)C1=O. The van der Waals surface area contributed by atoms with Crippen LogP contribution < -0.4 is 15.5 Å². The Morgan fingerprint density at radius 3 is 2.59 bits per heavy atom. The Labute approximate surface area is 193 Å². The maximum absolute atomic E-state index is 13.9. The van der Waals surface area contributed by atoms with Crippen molar-refractivity contribution in [3.63, 3.8) is 0 Å². The largest absolute Gasteiger partial charge is 0.343 e. The Kier molecular flexibility index (Phi) is 6.77. The number of carbonyl (C=O) groups is 2. The van der Waals surface area contributed by atoms with Crippen molar-refractivity contribution in [3.05, 3.63) is 77.9 Å². The van der Waals surface area contributed by atoms with Gasteiger partial charge in [0.15, 0.2) is 0 Å². The number of anilines is 1. The summed E-state index contributed by atoms with van der Waals surface area (Å²) in [6.07, 6.45) is 1.24. The summed E-state index contributed by atoms with van der Waals surface area (Å²) in [5.74, 6) is -0.0867. The molecule has 0 bridgehead atoms. The van der Waals surface area contributed by atoms with Crippen molar-refractivity contribution in [2.45, 2.75) is 37.9 Å². The molecule has 0 fully saturated rings. The Hall–Kier alpha value is -2.89. The van der Waals surface area contributed by atoms with Crippen LogP contribution >= 0.6 is 11.6 Å². The van der Waals surface area contributed by atoms with E-state index in [1.165, 1.54) is 0 Å². The van der Waals surface area contributed by atoms with Crippen LogP contribution in [0.25, 0.3) is 10.8 Å². The van der Waals surface area contributed by atoms with Gasteiger partial charge >= 0.3 is 0 Å². The van der Waals surface area contributed by atoms with Gasteiger partial charge in [0.05, 0.1) is 12.1 Å². The van der Waals surface area contributed by atoms with E-state index < -0.39 is 6.04 Å². The van der Waals surface area contributed by atoms with Gasteiger partial charge in [0.2, 0.25) is 11.8 Å². The van der Waals surface area contributed by atoms with Crippen molar-refractivity contribution in [2.75, 3.05) is 17.8 Å². The second-order valence-corrected chi connectivity index (χ2v) is 8.49. The van der Waals surface area contributed by atoms with E-state index >= 15 is 0 Å². The van der Waals surface area contributed by atoms with Crippen molar-refractivity contribution < 1.29 is 9.59 Å². The molecule has 4 rings (SSSR count). The van der Waals surface area contributed by atoms with Gasteiger partial charge in [0, 0.05) is 11.6 Å². The number of carbonyl (C=O) groups excluding carboxylic acids is 2. The number of nitrogens with one attached hydrogen (secondary N) is 2. The van der Waals surface area contributed by atoms with E-state index in [0.29, 0.717) is 12.8 Å². The molecule has 32 heavy (non-hydrogen) atoms. The number of hydrogen-bond donors (Lipinski definition) is 2. The van der Waals surface area contributed by atoms with Crippen LogP contribution in [0.15, 0.2) is 66.7 Å². The van der Waals surface area contributed by atoms with Gasteiger partial charge in [-0.1, -0.05) is 60.7 Å². The number of likely N-dealkylation sites (N-methyl/N-ethyl adjacent to an activating group) is 1. The van der Waals surface area contributed by atoms with Crippen molar-refractivity contribution in [1.82, 2.24) is 10.6 Å². The fraction of sp³-hybridized carbons (Fsp3) is 0.308. The molecule has 3 aromatic rings. The number of amides is 2. The Bertz CT molecular complexity index is 1130. The first-order valence-electron chi connectivity index (χ1n) is 11.0. The van der Waals surface area contributed by atoms with Crippen LogP contribution in [0.5, 0.6) is 0 Å². The second-order valence-electron chi connectivity index (χ2n) is 8.19. The van der Waals surface area contributed by atoms with Gasteiger partial charge in [-0.15, -0.1) is 11.6 Å². The monoisotopic (exact) mass is 449 g/mol. The van der Waals surface area contributed by atoms with Crippen LogP contribution in [0.3, 0.4) is 0 Å². The third kappa shape index (κ3) is 4.23. The van der Waals surface area contributed by atoms with Crippen LogP contribution in [0, 0.1) is 0 Å². The fourth-order valence-electron chi connectivity index (χ4n) is 4.38. The van der Waals surface area contributed by atoms with Gasteiger partial charge < -0.3 is 15.5 Å². The molecule has 3 aromatic carbocycles. The number of nitrogens with zero attached hydrogens (tertiary/aromatic N) is 1. The predicted molar refractivity (Wildman–Crippen MR) is 130 cm³/mol. The summed E-state index contributed by atoms with van der Waals surface area (Å²) in [5.41, 5.74) is 2.93. The molecule has 2 N–H and O–H groups in total. The molecule has 1 heterocycles. The van der Waals surface area contributed by atoms with Crippen molar-refractivity contribution >= 4 is 39.9 Å². The average Bonchev–Trinajstić information content (AvgIpc) is 2.96. The van der Waals surface area contributed by atoms with Crippen LogP contribution in [0.4, 0.5) is 5.69 Å². The summed E-state index contributed by atoms with van der Waals surface area (Å²) >= 11 is 6.56. The lowest BCUT2D eigenvalue weighted by atomic mass is 9.97. The molecule has 3 unspecified atom stereocenters. The number of halogens is 1. The van der Waals surface area contributed by atoms with Gasteiger partial charge in [-0.25, -0.2) is 0 Å². The van der Waals surface area contributed by atoms with Crippen LogP contribution in [-0.2, 0) is 16.0 Å². The molecule has 166 valence electrons.